The summed E-state index contributed by atoms with van der Waals surface area (Å²) < 4.78 is 4.84. The van der Waals surface area contributed by atoms with Crippen molar-refractivity contribution in [2.45, 2.75) is 18.9 Å². The Morgan fingerprint density at radius 3 is 3.06 bits per heavy atom. The van der Waals surface area contributed by atoms with Crippen molar-refractivity contribution in [3.8, 4) is 0 Å². The summed E-state index contributed by atoms with van der Waals surface area (Å²) in [7, 11) is 3.58. The summed E-state index contributed by atoms with van der Waals surface area (Å²) in [6, 6.07) is -0.00854. The fourth-order valence-corrected chi connectivity index (χ4v) is 3.41. The minimum absolute atomic E-state index is 0.00854. The summed E-state index contributed by atoms with van der Waals surface area (Å²) in [5.74, 6) is 2.90. The highest BCUT2D eigenvalue weighted by atomic mass is 32.2. The molecule has 0 aromatic heterocycles. The van der Waals surface area contributed by atoms with Crippen molar-refractivity contribution in [2.24, 2.45) is 0 Å². The molecule has 1 aliphatic rings. The van der Waals surface area contributed by atoms with E-state index in [0.29, 0.717) is 0 Å². The normalized spacial score (nSPS) is 20.6. The van der Waals surface area contributed by atoms with Gasteiger partial charge in [-0.05, 0) is 26.4 Å². The minimum Gasteiger partial charge on any atom is -0.468 e. The number of carbonyl (C=O) groups excluding carboxylic acids is 1. The van der Waals surface area contributed by atoms with Gasteiger partial charge in [0.1, 0.15) is 6.04 Å². The maximum atomic E-state index is 11.6. The summed E-state index contributed by atoms with van der Waals surface area (Å²) in [5, 5.41) is 0. The molecule has 0 saturated carbocycles. The molecule has 106 valence electrons. The van der Waals surface area contributed by atoms with Crippen molar-refractivity contribution < 1.29 is 9.53 Å². The van der Waals surface area contributed by atoms with Gasteiger partial charge < -0.3 is 4.74 Å². The van der Waals surface area contributed by atoms with Gasteiger partial charge in [0.15, 0.2) is 0 Å². The van der Waals surface area contributed by atoms with Crippen molar-refractivity contribution in [1.29, 1.82) is 0 Å². The first-order chi connectivity index (χ1) is 8.69. The Morgan fingerprint density at radius 2 is 2.39 bits per heavy atom. The second-order valence-electron chi connectivity index (χ2n) is 4.56. The molecule has 0 aliphatic carbocycles. The van der Waals surface area contributed by atoms with Crippen LogP contribution in [0.1, 0.15) is 12.8 Å². The average molecular weight is 292 g/mol. The molecule has 18 heavy (non-hydrogen) atoms. The SMILES string of the molecule is COC(=O)C1CCCN1CCSCN(C)CCS. The van der Waals surface area contributed by atoms with Gasteiger partial charge in [-0.3, -0.25) is 14.6 Å². The van der Waals surface area contributed by atoms with Crippen LogP contribution in [-0.2, 0) is 9.53 Å². The number of thiol groups is 1. The lowest BCUT2D eigenvalue weighted by molar-refractivity contribution is -0.145. The van der Waals surface area contributed by atoms with Crippen molar-refractivity contribution in [3.63, 3.8) is 0 Å². The first kappa shape index (κ1) is 16.1. The average Bonchev–Trinajstić information content (AvgIpc) is 2.82. The molecule has 0 radical (unpaired) electrons. The highest BCUT2D eigenvalue weighted by Gasteiger charge is 2.30. The van der Waals surface area contributed by atoms with E-state index in [-0.39, 0.29) is 12.0 Å². The largest absolute Gasteiger partial charge is 0.468 e. The van der Waals surface area contributed by atoms with Gasteiger partial charge >= 0.3 is 5.97 Å². The Labute approximate surface area is 120 Å². The van der Waals surface area contributed by atoms with E-state index in [4.69, 9.17) is 4.74 Å². The van der Waals surface area contributed by atoms with Crippen LogP contribution in [0.3, 0.4) is 0 Å². The maximum absolute atomic E-state index is 11.6. The van der Waals surface area contributed by atoms with Crippen LogP contribution < -0.4 is 0 Å². The summed E-state index contributed by atoms with van der Waals surface area (Å²) in [6.07, 6.45) is 2.04. The number of esters is 1. The number of methoxy groups -OCH3 is 1. The van der Waals surface area contributed by atoms with E-state index in [1.807, 2.05) is 11.8 Å². The van der Waals surface area contributed by atoms with Gasteiger partial charge in [0.25, 0.3) is 0 Å². The van der Waals surface area contributed by atoms with Crippen LogP contribution >= 0.6 is 24.4 Å². The number of ether oxygens (including phenoxy) is 1. The van der Waals surface area contributed by atoms with E-state index in [0.717, 1.165) is 49.9 Å². The van der Waals surface area contributed by atoms with Crippen molar-refractivity contribution >= 4 is 30.4 Å². The smallest absolute Gasteiger partial charge is 0.323 e. The third-order valence-electron chi connectivity index (χ3n) is 3.15. The molecule has 4 nitrogen and oxygen atoms in total. The molecule has 1 atom stereocenters. The van der Waals surface area contributed by atoms with Gasteiger partial charge in [-0.1, -0.05) is 0 Å². The van der Waals surface area contributed by atoms with Crippen LogP contribution in [0.2, 0.25) is 0 Å². The highest BCUT2D eigenvalue weighted by molar-refractivity contribution is 7.99. The number of nitrogens with zero attached hydrogens (tertiary/aromatic N) is 2. The molecule has 1 unspecified atom stereocenters. The van der Waals surface area contributed by atoms with E-state index in [9.17, 15) is 4.79 Å². The molecule has 1 aliphatic heterocycles. The number of rotatable bonds is 8. The summed E-state index contributed by atoms with van der Waals surface area (Å²) in [6.45, 7) is 3.01. The summed E-state index contributed by atoms with van der Waals surface area (Å²) >= 11 is 6.12. The van der Waals surface area contributed by atoms with Gasteiger partial charge in [-0.15, -0.1) is 11.8 Å². The lowest BCUT2D eigenvalue weighted by Crippen LogP contribution is -2.38. The number of hydrogen-bond donors (Lipinski definition) is 1. The Bertz CT molecular complexity index is 254. The predicted octanol–water partition coefficient (Wildman–Crippen LogP) is 1.18. The number of carbonyl (C=O) groups is 1. The zero-order valence-corrected chi connectivity index (χ0v) is 13.0. The van der Waals surface area contributed by atoms with Gasteiger partial charge in [0.2, 0.25) is 0 Å². The molecule has 0 aromatic rings. The van der Waals surface area contributed by atoms with E-state index in [1.165, 1.54) is 7.11 Å². The molecule has 1 rings (SSSR count). The van der Waals surface area contributed by atoms with Gasteiger partial charge in [-0.25, -0.2) is 0 Å². The third-order valence-corrected chi connectivity index (χ3v) is 4.45. The van der Waals surface area contributed by atoms with E-state index < -0.39 is 0 Å². The molecule has 0 amide bonds. The molecule has 1 heterocycles. The Kier molecular flexibility index (Phi) is 8.13. The van der Waals surface area contributed by atoms with Crippen LogP contribution in [0.25, 0.3) is 0 Å². The second-order valence-corrected chi connectivity index (χ2v) is 6.08. The molecular formula is C12H24N2O2S2. The van der Waals surface area contributed by atoms with Gasteiger partial charge in [-0.2, -0.15) is 12.6 Å². The first-order valence-corrected chi connectivity index (χ1v) is 8.16. The maximum Gasteiger partial charge on any atom is 0.323 e. The van der Waals surface area contributed by atoms with Crippen LogP contribution in [0.4, 0.5) is 0 Å². The van der Waals surface area contributed by atoms with Crippen molar-refractivity contribution in [3.05, 3.63) is 0 Å². The van der Waals surface area contributed by atoms with E-state index >= 15 is 0 Å². The Hall–Kier alpha value is 0.0900. The number of hydrogen-bond acceptors (Lipinski definition) is 6. The molecule has 6 heteroatoms. The summed E-state index contributed by atoms with van der Waals surface area (Å²) in [4.78, 5) is 16.1. The minimum atomic E-state index is -0.0790. The Morgan fingerprint density at radius 1 is 1.61 bits per heavy atom. The molecule has 0 N–H and O–H groups in total. The molecular weight excluding hydrogens is 268 g/mol. The monoisotopic (exact) mass is 292 g/mol. The third kappa shape index (κ3) is 5.38. The van der Waals surface area contributed by atoms with Crippen LogP contribution in [0.15, 0.2) is 0 Å². The molecule has 1 saturated heterocycles. The van der Waals surface area contributed by atoms with Gasteiger partial charge in [0, 0.05) is 30.5 Å². The van der Waals surface area contributed by atoms with Crippen LogP contribution in [0.5, 0.6) is 0 Å². The highest BCUT2D eigenvalue weighted by Crippen LogP contribution is 2.18. The molecule has 0 aromatic carbocycles. The van der Waals surface area contributed by atoms with Crippen LogP contribution in [0, 0.1) is 0 Å². The topological polar surface area (TPSA) is 32.8 Å². The molecule has 0 bridgehead atoms. The number of likely N-dealkylation sites (tertiary alicyclic amines) is 1. The van der Waals surface area contributed by atoms with E-state index in [1.54, 1.807) is 0 Å². The zero-order valence-electron chi connectivity index (χ0n) is 11.3. The van der Waals surface area contributed by atoms with Gasteiger partial charge in [0.05, 0.1) is 7.11 Å². The lowest BCUT2D eigenvalue weighted by Gasteiger charge is -2.22. The lowest BCUT2D eigenvalue weighted by atomic mass is 10.2. The fourth-order valence-electron chi connectivity index (χ4n) is 2.13. The van der Waals surface area contributed by atoms with Crippen LogP contribution in [-0.4, -0.2) is 73.0 Å². The fraction of sp³-hybridized carbons (Fsp3) is 0.917. The second kappa shape index (κ2) is 9.07. The standard InChI is InChI=1S/C12H24N2O2S2/c1-13(6-8-17)10-18-9-7-14-5-3-4-11(14)12(15)16-2/h11,17H,3-10H2,1-2H3. The van der Waals surface area contributed by atoms with Crippen molar-refractivity contribution in [2.75, 3.05) is 51.2 Å². The number of thioether (sulfide) groups is 1. The predicted molar refractivity (Wildman–Crippen MR) is 80.4 cm³/mol. The molecule has 1 fully saturated rings. The molecule has 0 spiro atoms. The summed E-state index contributed by atoms with van der Waals surface area (Å²) in [5.41, 5.74) is 0. The quantitative estimate of drug-likeness (QED) is 0.314. The van der Waals surface area contributed by atoms with E-state index in [2.05, 4.69) is 29.5 Å². The first-order valence-electron chi connectivity index (χ1n) is 6.38. The Balaban J connectivity index is 2.16. The van der Waals surface area contributed by atoms with Crippen molar-refractivity contribution in [1.82, 2.24) is 9.80 Å². The zero-order chi connectivity index (χ0) is 13.4.